The van der Waals surface area contributed by atoms with Gasteiger partial charge in [0.05, 0.1) is 6.54 Å². The average Bonchev–Trinajstić information content (AvgIpc) is 2.64. The molecule has 1 heterocycles. The second kappa shape index (κ2) is 3.57. The summed E-state index contributed by atoms with van der Waals surface area (Å²) in [6, 6.07) is 4.77. The molecular formula is C10H10FN3. The third-order valence-electron chi connectivity index (χ3n) is 2.13. The summed E-state index contributed by atoms with van der Waals surface area (Å²) in [5.41, 5.74) is 2.02. The molecule has 14 heavy (non-hydrogen) atoms. The van der Waals surface area contributed by atoms with Crippen molar-refractivity contribution < 1.29 is 4.39 Å². The Balaban J connectivity index is 2.28. The van der Waals surface area contributed by atoms with E-state index in [4.69, 9.17) is 0 Å². The topological polar surface area (TPSA) is 30.7 Å². The summed E-state index contributed by atoms with van der Waals surface area (Å²) in [5.74, 6) is -0.210. The first-order valence-electron chi connectivity index (χ1n) is 4.33. The Labute approximate surface area is 81.2 Å². The van der Waals surface area contributed by atoms with E-state index < -0.39 is 0 Å². The minimum absolute atomic E-state index is 0.210. The second-order valence-electron chi connectivity index (χ2n) is 3.21. The van der Waals surface area contributed by atoms with Crippen LogP contribution >= 0.6 is 0 Å². The Hall–Kier alpha value is -1.71. The molecule has 0 unspecified atom stereocenters. The number of benzene rings is 1. The third-order valence-corrected chi connectivity index (χ3v) is 2.13. The van der Waals surface area contributed by atoms with Crippen LogP contribution in [0.15, 0.2) is 30.9 Å². The lowest BCUT2D eigenvalue weighted by molar-refractivity contribution is 0.622. The van der Waals surface area contributed by atoms with Gasteiger partial charge >= 0.3 is 0 Å². The van der Waals surface area contributed by atoms with E-state index in [0.717, 1.165) is 11.1 Å². The Morgan fingerprint density at radius 1 is 1.29 bits per heavy atom. The number of nitrogens with zero attached hydrogens (tertiary/aromatic N) is 3. The Bertz CT molecular complexity index is 423. The summed E-state index contributed by atoms with van der Waals surface area (Å²) in [6.45, 7) is 2.57. The van der Waals surface area contributed by atoms with Gasteiger partial charge in [0.15, 0.2) is 0 Å². The zero-order chi connectivity index (χ0) is 9.97. The van der Waals surface area contributed by atoms with E-state index in [0.29, 0.717) is 6.54 Å². The third kappa shape index (κ3) is 1.79. The Kier molecular flexibility index (Phi) is 2.26. The molecule has 0 N–H and O–H groups in total. The van der Waals surface area contributed by atoms with Crippen molar-refractivity contribution in [3.05, 3.63) is 47.8 Å². The van der Waals surface area contributed by atoms with E-state index in [1.54, 1.807) is 18.7 Å². The lowest BCUT2D eigenvalue weighted by atomic mass is 10.1. The molecule has 1 aromatic carbocycles. The fraction of sp³-hybridized carbons (Fsp3) is 0.200. The molecule has 0 aliphatic carbocycles. The van der Waals surface area contributed by atoms with Crippen molar-refractivity contribution in [1.29, 1.82) is 0 Å². The predicted molar refractivity (Wildman–Crippen MR) is 50.3 cm³/mol. The van der Waals surface area contributed by atoms with Crippen LogP contribution in [0, 0.1) is 12.7 Å². The van der Waals surface area contributed by atoms with E-state index in [2.05, 4.69) is 10.2 Å². The zero-order valence-electron chi connectivity index (χ0n) is 7.81. The van der Waals surface area contributed by atoms with Crippen LogP contribution in [0.4, 0.5) is 4.39 Å². The summed E-state index contributed by atoms with van der Waals surface area (Å²) < 4.78 is 14.7. The summed E-state index contributed by atoms with van der Waals surface area (Å²) in [4.78, 5) is 0. The first-order chi connectivity index (χ1) is 6.75. The number of rotatable bonds is 2. The molecule has 0 aliphatic heterocycles. The number of aromatic nitrogens is 3. The quantitative estimate of drug-likeness (QED) is 0.724. The lowest BCUT2D eigenvalue weighted by Crippen LogP contribution is -1.99. The van der Waals surface area contributed by atoms with Crippen LogP contribution in [0.2, 0.25) is 0 Å². The Morgan fingerprint density at radius 3 is 2.71 bits per heavy atom. The van der Waals surface area contributed by atoms with Gasteiger partial charge in [-0.15, -0.1) is 10.2 Å². The molecule has 4 heteroatoms. The van der Waals surface area contributed by atoms with Crippen LogP contribution in [-0.2, 0) is 6.54 Å². The van der Waals surface area contributed by atoms with Crippen LogP contribution in [0.5, 0.6) is 0 Å². The average molecular weight is 191 g/mol. The van der Waals surface area contributed by atoms with Gasteiger partial charge in [-0.1, -0.05) is 6.07 Å². The number of hydrogen-bond donors (Lipinski definition) is 0. The summed E-state index contributed by atoms with van der Waals surface area (Å²) >= 11 is 0. The molecule has 0 atom stereocenters. The summed E-state index contributed by atoms with van der Waals surface area (Å²) in [5, 5.41) is 7.38. The minimum atomic E-state index is -0.210. The maximum absolute atomic E-state index is 12.9. The van der Waals surface area contributed by atoms with Gasteiger partial charge in [0.25, 0.3) is 0 Å². The van der Waals surface area contributed by atoms with Crippen molar-refractivity contribution in [2.24, 2.45) is 0 Å². The number of halogens is 1. The molecule has 1 aromatic heterocycles. The van der Waals surface area contributed by atoms with Crippen LogP contribution in [-0.4, -0.2) is 14.8 Å². The normalized spacial score (nSPS) is 10.4. The zero-order valence-corrected chi connectivity index (χ0v) is 7.81. The largest absolute Gasteiger partial charge is 0.316 e. The molecule has 0 saturated heterocycles. The number of hydrogen-bond acceptors (Lipinski definition) is 2. The molecule has 0 bridgehead atoms. The summed E-state index contributed by atoms with van der Waals surface area (Å²) in [6.07, 6.45) is 3.23. The molecule has 72 valence electrons. The first-order valence-corrected chi connectivity index (χ1v) is 4.33. The standard InChI is InChI=1S/C10H10FN3/c1-8-2-3-10(11)4-9(8)5-14-6-12-13-7-14/h2-4,6-7H,5H2,1H3. The monoisotopic (exact) mass is 191 g/mol. The highest BCUT2D eigenvalue weighted by Crippen LogP contribution is 2.11. The van der Waals surface area contributed by atoms with Gasteiger partial charge < -0.3 is 4.57 Å². The Morgan fingerprint density at radius 2 is 2.00 bits per heavy atom. The van der Waals surface area contributed by atoms with Crippen molar-refractivity contribution in [2.75, 3.05) is 0 Å². The molecule has 0 spiro atoms. The molecule has 0 amide bonds. The maximum atomic E-state index is 12.9. The smallest absolute Gasteiger partial charge is 0.123 e. The fourth-order valence-electron chi connectivity index (χ4n) is 1.31. The van der Waals surface area contributed by atoms with Gasteiger partial charge in [0, 0.05) is 0 Å². The van der Waals surface area contributed by atoms with Gasteiger partial charge in [-0.3, -0.25) is 0 Å². The first kappa shape index (κ1) is 8.87. The highest BCUT2D eigenvalue weighted by molar-refractivity contribution is 5.26. The van der Waals surface area contributed by atoms with Crippen molar-refractivity contribution in [1.82, 2.24) is 14.8 Å². The molecule has 0 saturated carbocycles. The second-order valence-corrected chi connectivity index (χ2v) is 3.21. The van der Waals surface area contributed by atoms with Gasteiger partial charge in [-0.05, 0) is 30.2 Å². The maximum Gasteiger partial charge on any atom is 0.123 e. The highest BCUT2D eigenvalue weighted by Gasteiger charge is 2.01. The summed E-state index contributed by atoms with van der Waals surface area (Å²) in [7, 11) is 0. The predicted octanol–water partition coefficient (Wildman–Crippen LogP) is 1.77. The lowest BCUT2D eigenvalue weighted by Gasteiger charge is -2.05. The van der Waals surface area contributed by atoms with E-state index in [1.165, 1.54) is 12.1 Å². The molecular weight excluding hydrogens is 181 g/mol. The molecule has 3 nitrogen and oxygen atoms in total. The van der Waals surface area contributed by atoms with E-state index in [1.807, 2.05) is 11.5 Å². The van der Waals surface area contributed by atoms with Crippen LogP contribution < -0.4 is 0 Å². The molecule has 2 aromatic rings. The van der Waals surface area contributed by atoms with Gasteiger partial charge in [-0.25, -0.2) is 4.39 Å². The molecule has 0 radical (unpaired) electrons. The van der Waals surface area contributed by atoms with Gasteiger partial charge in [0.1, 0.15) is 18.5 Å². The molecule has 2 rings (SSSR count). The van der Waals surface area contributed by atoms with Crippen molar-refractivity contribution >= 4 is 0 Å². The minimum Gasteiger partial charge on any atom is -0.316 e. The van der Waals surface area contributed by atoms with Gasteiger partial charge in [0.2, 0.25) is 0 Å². The molecule has 0 aliphatic rings. The van der Waals surface area contributed by atoms with Gasteiger partial charge in [-0.2, -0.15) is 0 Å². The highest BCUT2D eigenvalue weighted by atomic mass is 19.1. The number of aryl methyl sites for hydroxylation is 1. The van der Waals surface area contributed by atoms with Crippen molar-refractivity contribution in [3.63, 3.8) is 0 Å². The molecule has 0 fully saturated rings. The van der Waals surface area contributed by atoms with Crippen LogP contribution in [0.1, 0.15) is 11.1 Å². The van der Waals surface area contributed by atoms with Crippen molar-refractivity contribution in [2.45, 2.75) is 13.5 Å². The van der Waals surface area contributed by atoms with E-state index >= 15 is 0 Å². The van der Waals surface area contributed by atoms with Crippen molar-refractivity contribution in [3.8, 4) is 0 Å². The van der Waals surface area contributed by atoms with E-state index in [9.17, 15) is 4.39 Å². The fourth-order valence-corrected chi connectivity index (χ4v) is 1.31. The van der Waals surface area contributed by atoms with Crippen LogP contribution in [0.3, 0.4) is 0 Å². The van der Waals surface area contributed by atoms with E-state index in [-0.39, 0.29) is 5.82 Å². The van der Waals surface area contributed by atoms with Crippen LogP contribution in [0.25, 0.3) is 0 Å². The SMILES string of the molecule is Cc1ccc(F)cc1Cn1cnnc1.